The Bertz CT molecular complexity index is 725. The third-order valence-corrected chi connectivity index (χ3v) is 2.94. The Morgan fingerprint density at radius 1 is 1.45 bits per heavy atom. The van der Waals surface area contributed by atoms with E-state index in [1.54, 1.807) is 0 Å². The number of carboxylic acid groups (broad SMARTS) is 1. The van der Waals surface area contributed by atoms with Crippen LogP contribution in [0.25, 0.3) is 11.3 Å². The monoisotopic (exact) mass is 280 g/mol. The molecule has 0 spiro atoms. The van der Waals surface area contributed by atoms with E-state index >= 15 is 0 Å². The predicted octanol–water partition coefficient (Wildman–Crippen LogP) is 1.36. The summed E-state index contributed by atoms with van der Waals surface area (Å²) in [7, 11) is 1.47. The Labute approximate surface area is 111 Å². The number of rotatable bonds is 2. The molecule has 8 heteroatoms. The smallest absolute Gasteiger partial charge is 0.356 e. The molecule has 20 heavy (non-hydrogen) atoms. The van der Waals surface area contributed by atoms with Gasteiger partial charge in [0.1, 0.15) is 0 Å². The highest BCUT2D eigenvalue weighted by Crippen LogP contribution is 2.46. The second kappa shape index (κ2) is 4.12. The van der Waals surface area contributed by atoms with Crippen molar-refractivity contribution in [2.24, 2.45) is 7.05 Å². The fourth-order valence-electron chi connectivity index (χ4n) is 2.04. The van der Waals surface area contributed by atoms with Crippen molar-refractivity contribution in [2.45, 2.75) is 0 Å². The molecule has 7 nitrogen and oxygen atoms in total. The number of aromatic hydroxyl groups is 1. The van der Waals surface area contributed by atoms with Crippen molar-refractivity contribution in [2.75, 3.05) is 6.79 Å². The van der Waals surface area contributed by atoms with Crippen LogP contribution in [0.15, 0.2) is 12.1 Å². The number of benzene rings is 1. The molecule has 1 aromatic carbocycles. The SMILES string of the molecule is Cn1nc(C(=O)O)cc1-c1c(F)c(O)cc2c1OCO2. The third kappa shape index (κ3) is 1.65. The van der Waals surface area contributed by atoms with Crippen LogP contribution >= 0.6 is 0 Å². The number of aromatic nitrogens is 2. The van der Waals surface area contributed by atoms with Gasteiger partial charge in [0, 0.05) is 13.1 Å². The topological polar surface area (TPSA) is 93.8 Å². The zero-order valence-electron chi connectivity index (χ0n) is 10.3. The van der Waals surface area contributed by atoms with Crippen LogP contribution in [-0.4, -0.2) is 32.8 Å². The number of carboxylic acids is 1. The molecule has 1 aliphatic rings. The van der Waals surface area contributed by atoms with E-state index in [0.717, 1.165) is 6.07 Å². The van der Waals surface area contributed by atoms with E-state index in [1.165, 1.54) is 17.8 Å². The average molecular weight is 280 g/mol. The molecule has 0 amide bonds. The lowest BCUT2D eigenvalue weighted by molar-refractivity contribution is 0.0689. The number of hydrogen-bond donors (Lipinski definition) is 2. The summed E-state index contributed by atoms with van der Waals surface area (Å²) in [5.41, 5.74) is -0.157. The van der Waals surface area contributed by atoms with Crippen molar-refractivity contribution in [3.8, 4) is 28.5 Å². The van der Waals surface area contributed by atoms with Gasteiger partial charge < -0.3 is 19.7 Å². The van der Waals surface area contributed by atoms with Crippen LogP contribution in [0.3, 0.4) is 0 Å². The normalized spacial score (nSPS) is 12.7. The zero-order valence-corrected chi connectivity index (χ0v) is 10.3. The summed E-state index contributed by atoms with van der Waals surface area (Å²) in [6.07, 6.45) is 0. The van der Waals surface area contributed by atoms with E-state index in [-0.39, 0.29) is 35.2 Å². The first-order valence-corrected chi connectivity index (χ1v) is 5.58. The van der Waals surface area contributed by atoms with Gasteiger partial charge in [-0.25, -0.2) is 9.18 Å². The molecule has 3 rings (SSSR count). The lowest BCUT2D eigenvalue weighted by Gasteiger charge is -2.08. The third-order valence-electron chi connectivity index (χ3n) is 2.94. The van der Waals surface area contributed by atoms with E-state index in [1.807, 2.05) is 0 Å². The molecule has 2 N–H and O–H groups in total. The van der Waals surface area contributed by atoms with Crippen molar-refractivity contribution in [1.29, 1.82) is 0 Å². The first-order chi connectivity index (χ1) is 9.49. The lowest BCUT2D eigenvalue weighted by atomic mass is 10.1. The van der Waals surface area contributed by atoms with Crippen molar-refractivity contribution in [3.05, 3.63) is 23.6 Å². The second-order valence-electron chi connectivity index (χ2n) is 4.16. The Balaban J connectivity index is 2.27. The van der Waals surface area contributed by atoms with Crippen molar-refractivity contribution >= 4 is 5.97 Å². The van der Waals surface area contributed by atoms with Gasteiger partial charge in [-0.1, -0.05) is 0 Å². The maximum Gasteiger partial charge on any atom is 0.356 e. The summed E-state index contributed by atoms with van der Waals surface area (Å²) in [4.78, 5) is 10.9. The lowest BCUT2D eigenvalue weighted by Crippen LogP contribution is -2.00. The number of phenolic OH excluding ortho intramolecular Hbond substituents is 1. The molecule has 0 saturated carbocycles. The van der Waals surface area contributed by atoms with Crippen molar-refractivity contribution in [3.63, 3.8) is 0 Å². The van der Waals surface area contributed by atoms with Gasteiger partial charge in [-0.05, 0) is 6.07 Å². The molecular weight excluding hydrogens is 271 g/mol. The number of phenols is 1. The van der Waals surface area contributed by atoms with E-state index in [2.05, 4.69) is 5.10 Å². The number of nitrogens with zero attached hydrogens (tertiary/aromatic N) is 2. The Hall–Kier alpha value is -2.77. The van der Waals surface area contributed by atoms with Gasteiger partial charge in [-0.15, -0.1) is 0 Å². The van der Waals surface area contributed by atoms with Gasteiger partial charge in [0.2, 0.25) is 6.79 Å². The minimum Gasteiger partial charge on any atom is -0.505 e. The molecule has 0 unspecified atom stereocenters. The average Bonchev–Trinajstić information content (AvgIpc) is 2.98. The Morgan fingerprint density at radius 3 is 2.85 bits per heavy atom. The molecule has 0 radical (unpaired) electrons. The quantitative estimate of drug-likeness (QED) is 0.862. The molecule has 0 atom stereocenters. The summed E-state index contributed by atoms with van der Waals surface area (Å²) in [5, 5.41) is 22.2. The molecule has 0 aliphatic carbocycles. The maximum absolute atomic E-state index is 14.2. The maximum atomic E-state index is 14.2. The first-order valence-electron chi connectivity index (χ1n) is 5.58. The zero-order chi connectivity index (χ0) is 14.4. The highest BCUT2D eigenvalue weighted by Gasteiger charge is 2.28. The molecule has 0 fully saturated rings. The minimum atomic E-state index is -1.23. The number of carbonyl (C=O) groups is 1. The van der Waals surface area contributed by atoms with Gasteiger partial charge in [0.05, 0.1) is 11.3 Å². The van der Waals surface area contributed by atoms with E-state index in [4.69, 9.17) is 14.6 Å². The summed E-state index contributed by atoms with van der Waals surface area (Å²) in [6, 6.07) is 2.30. The largest absolute Gasteiger partial charge is 0.505 e. The minimum absolute atomic E-state index is 0.0833. The van der Waals surface area contributed by atoms with Crippen LogP contribution in [-0.2, 0) is 7.05 Å². The standard InChI is InChI=1S/C12H9FN2O5/c1-15-6(2-5(14-15)12(17)18)9-10(13)7(16)3-8-11(9)20-4-19-8/h2-3,16H,4H2,1H3,(H,17,18). The predicted molar refractivity (Wildman–Crippen MR) is 63.3 cm³/mol. The van der Waals surface area contributed by atoms with Crippen LogP contribution in [0, 0.1) is 5.82 Å². The first kappa shape index (κ1) is 12.3. The van der Waals surface area contributed by atoms with Gasteiger partial charge >= 0.3 is 5.97 Å². The van der Waals surface area contributed by atoms with Crippen LogP contribution in [0.1, 0.15) is 10.5 Å². The van der Waals surface area contributed by atoms with Gasteiger partial charge in [-0.2, -0.15) is 5.10 Å². The number of ether oxygens (including phenoxy) is 2. The van der Waals surface area contributed by atoms with Crippen LogP contribution in [0.4, 0.5) is 4.39 Å². The molecule has 0 bridgehead atoms. The molecule has 1 aromatic heterocycles. The number of aryl methyl sites for hydroxylation is 1. The van der Waals surface area contributed by atoms with Crippen LogP contribution in [0.2, 0.25) is 0 Å². The summed E-state index contributed by atoms with van der Waals surface area (Å²) >= 11 is 0. The van der Waals surface area contributed by atoms with Crippen LogP contribution in [0.5, 0.6) is 17.2 Å². The van der Waals surface area contributed by atoms with E-state index in [0.29, 0.717) is 0 Å². The molecule has 104 valence electrons. The number of aromatic carboxylic acids is 1. The number of hydrogen-bond acceptors (Lipinski definition) is 5. The van der Waals surface area contributed by atoms with Gasteiger partial charge in [0.15, 0.2) is 28.8 Å². The second-order valence-corrected chi connectivity index (χ2v) is 4.16. The van der Waals surface area contributed by atoms with Gasteiger partial charge in [0.25, 0.3) is 0 Å². The Morgan fingerprint density at radius 2 is 2.20 bits per heavy atom. The number of halogens is 1. The highest BCUT2D eigenvalue weighted by atomic mass is 19.1. The summed E-state index contributed by atoms with van der Waals surface area (Å²) in [6.45, 7) is -0.102. The van der Waals surface area contributed by atoms with E-state index < -0.39 is 17.5 Å². The highest BCUT2D eigenvalue weighted by molar-refractivity contribution is 5.88. The van der Waals surface area contributed by atoms with Crippen molar-refractivity contribution in [1.82, 2.24) is 9.78 Å². The molecule has 2 aromatic rings. The van der Waals surface area contributed by atoms with Crippen molar-refractivity contribution < 1.29 is 28.9 Å². The molecule has 1 aliphatic heterocycles. The summed E-state index contributed by atoms with van der Waals surface area (Å²) < 4.78 is 25.6. The fourth-order valence-corrected chi connectivity index (χ4v) is 2.04. The Kier molecular flexibility index (Phi) is 2.53. The van der Waals surface area contributed by atoms with Gasteiger partial charge in [-0.3, -0.25) is 4.68 Å². The summed E-state index contributed by atoms with van der Waals surface area (Å²) in [5.74, 6) is -2.46. The van der Waals surface area contributed by atoms with Crippen LogP contribution < -0.4 is 9.47 Å². The molecular formula is C12H9FN2O5. The molecule has 2 heterocycles. The molecule has 0 saturated heterocycles. The number of fused-ring (bicyclic) bond motifs is 1. The fraction of sp³-hybridized carbons (Fsp3) is 0.167. The van der Waals surface area contributed by atoms with E-state index in [9.17, 15) is 14.3 Å².